The van der Waals surface area contributed by atoms with Gasteiger partial charge in [-0.3, -0.25) is 9.52 Å². The van der Waals surface area contributed by atoms with E-state index in [4.69, 9.17) is 0 Å². The lowest BCUT2D eigenvalue weighted by Crippen LogP contribution is -2.33. The quantitative estimate of drug-likeness (QED) is 0.689. The summed E-state index contributed by atoms with van der Waals surface area (Å²) in [4.78, 5) is 12.6. The third-order valence-corrected chi connectivity index (χ3v) is 6.95. The Morgan fingerprint density at radius 2 is 1.59 bits per heavy atom. The number of hydrogen-bond acceptors (Lipinski definition) is 5. The molecule has 0 aliphatic carbocycles. The van der Waals surface area contributed by atoms with Crippen LogP contribution in [0.1, 0.15) is 29.8 Å². The molecule has 1 amide bonds. The van der Waals surface area contributed by atoms with Crippen LogP contribution >= 0.6 is 0 Å². The van der Waals surface area contributed by atoms with Crippen molar-refractivity contribution in [3.05, 3.63) is 53.6 Å². The molecule has 0 radical (unpaired) electrons. The number of hydrogen-bond donors (Lipinski definition) is 2. The number of sulfonamides is 2. The van der Waals surface area contributed by atoms with Gasteiger partial charge < -0.3 is 5.32 Å². The van der Waals surface area contributed by atoms with Crippen LogP contribution in [0.5, 0.6) is 0 Å². The third kappa shape index (κ3) is 5.78. The van der Waals surface area contributed by atoms with Crippen LogP contribution in [0.2, 0.25) is 0 Å². The summed E-state index contributed by atoms with van der Waals surface area (Å²) in [6.45, 7) is 5.29. The molecule has 0 bridgehead atoms. The van der Waals surface area contributed by atoms with E-state index in [2.05, 4.69) is 10.0 Å². The van der Waals surface area contributed by atoms with Crippen LogP contribution in [0, 0.1) is 6.92 Å². The fourth-order valence-corrected chi connectivity index (χ4v) is 4.42. The van der Waals surface area contributed by atoms with Gasteiger partial charge in [-0.05, 0) is 62.7 Å². The van der Waals surface area contributed by atoms with Gasteiger partial charge in [0.1, 0.15) is 0 Å². The smallest absolute Gasteiger partial charge is 0.255 e. The molecular formula is C19H25N3O5S2. The lowest BCUT2D eigenvalue weighted by Gasteiger charge is -2.21. The number of nitrogens with one attached hydrogen (secondary N) is 2. The van der Waals surface area contributed by atoms with Crippen LogP contribution < -0.4 is 10.0 Å². The first-order valence-corrected chi connectivity index (χ1v) is 12.1. The Bertz CT molecular complexity index is 1110. The van der Waals surface area contributed by atoms with Gasteiger partial charge in [-0.1, -0.05) is 6.07 Å². The van der Waals surface area contributed by atoms with E-state index in [0.717, 1.165) is 6.26 Å². The molecular weight excluding hydrogens is 414 g/mol. The van der Waals surface area contributed by atoms with Crippen molar-refractivity contribution in [2.45, 2.75) is 31.7 Å². The van der Waals surface area contributed by atoms with Crippen molar-refractivity contribution in [2.24, 2.45) is 0 Å². The van der Waals surface area contributed by atoms with Gasteiger partial charge in [0, 0.05) is 24.3 Å². The fraction of sp³-hybridized carbons (Fsp3) is 0.316. The van der Waals surface area contributed by atoms with Crippen molar-refractivity contribution in [1.29, 1.82) is 0 Å². The summed E-state index contributed by atoms with van der Waals surface area (Å²) in [5.74, 6) is -0.444. The van der Waals surface area contributed by atoms with E-state index < -0.39 is 26.0 Å². The molecule has 8 nitrogen and oxygen atoms in total. The molecule has 0 aliphatic heterocycles. The normalized spacial score (nSPS) is 12.2. The Hall–Kier alpha value is -2.43. The van der Waals surface area contributed by atoms with Gasteiger partial charge >= 0.3 is 0 Å². The Kier molecular flexibility index (Phi) is 6.71. The molecule has 0 spiro atoms. The maximum absolute atomic E-state index is 12.5. The van der Waals surface area contributed by atoms with E-state index in [1.165, 1.54) is 41.7 Å². The second-order valence-corrected chi connectivity index (χ2v) is 10.7. The molecule has 10 heteroatoms. The largest absolute Gasteiger partial charge is 0.322 e. The molecule has 0 saturated heterocycles. The minimum atomic E-state index is -3.63. The number of nitrogens with zero attached hydrogens (tertiary/aromatic N) is 1. The molecule has 0 atom stereocenters. The molecule has 0 aliphatic rings. The Morgan fingerprint density at radius 1 is 1.00 bits per heavy atom. The van der Waals surface area contributed by atoms with E-state index >= 15 is 0 Å². The Balaban J connectivity index is 2.21. The van der Waals surface area contributed by atoms with Crippen LogP contribution in [0.15, 0.2) is 47.4 Å². The number of amides is 1. The maximum Gasteiger partial charge on any atom is 0.255 e. The standard InChI is InChI=1S/C19H25N3O5S2/c1-13(2)22(4)29(26,27)17-10-7-15(8-11-17)19(23)20-16-9-6-14(3)18(12-16)21-28(5,24)25/h6-13,21H,1-5H3,(H,20,23). The number of benzene rings is 2. The van der Waals surface area contributed by atoms with Crippen LogP contribution in [-0.2, 0) is 20.0 Å². The van der Waals surface area contributed by atoms with Crippen LogP contribution in [-0.4, -0.2) is 46.4 Å². The van der Waals surface area contributed by atoms with Crippen molar-refractivity contribution in [1.82, 2.24) is 4.31 Å². The highest BCUT2D eigenvalue weighted by Crippen LogP contribution is 2.22. The maximum atomic E-state index is 12.5. The first-order chi connectivity index (χ1) is 13.3. The predicted molar refractivity (Wildman–Crippen MR) is 114 cm³/mol. The van der Waals surface area contributed by atoms with Gasteiger partial charge in [-0.25, -0.2) is 16.8 Å². The highest BCUT2D eigenvalue weighted by atomic mass is 32.2. The minimum Gasteiger partial charge on any atom is -0.322 e. The topological polar surface area (TPSA) is 113 Å². The van der Waals surface area contributed by atoms with Gasteiger partial charge in [-0.2, -0.15) is 4.31 Å². The molecule has 0 fully saturated rings. The summed E-state index contributed by atoms with van der Waals surface area (Å²) in [6, 6.07) is 10.3. The van der Waals surface area contributed by atoms with E-state index in [0.29, 0.717) is 16.9 Å². The third-order valence-electron chi connectivity index (χ3n) is 4.31. The molecule has 158 valence electrons. The Morgan fingerprint density at radius 3 is 2.10 bits per heavy atom. The van der Waals surface area contributed by atoms with E-state index in [9.17, 15) is 21.6 Å². The van der Waals surface area contributed by atoms with Gasteiger partial charge in [0.25, 0.3) is 5.91 Å². The summed E-state index contributed by atoms with van der Waals surface area (Å²) in [7, 11) is -5.58. The molecule has 2 N–H and O–H groups in total. The molecule has 29 heavy (non-hydrogen) atoms. The van der Waals surface area contributed by atoms with Gasteiger partial charge in [0.05, 0.1) is 16.8 Å². The summed E-state index contributed by atoms with van der Waals surface area (Å²) in [5.41, 5.74) is 1.75. The Labute approximate surface area is 172 Å². The molecule has 0 saturated carbocycles. The molecule has 0 heterocycles. The van der Waals surface area contributed by atoms with Crippen LogP contribution in [0.4, 0.5) is 11.4 Å². The second kappa shape index (κ2) is 8.52. The summed E-state index contributed by atoms with van der Waals surface area (Å²) < 4.78 is 51.6. The first-order valence-electron chi connectivity index (χ1n) is 8.79. The predicted octanol–water partition coefficient (Wildman–Crippen LogP) is 2.65. The van der Waals surface area contributed by atoms with Crippen molar-refractivity contribution >= 4 is 37.3 Å². The van der Waals surface area contributed by atoms with Gasteiger partial charge in [0.2, 0.25) is 20.0 Å². The van der Waals surface area contributed by atoms with Gasteiger partial charge in [-0.15, -0.1) is 0 Å². The molecule has 2 rings (SSSR count). The highest BCUT2D eigenvalue weighted by molar-refractivity contribution is 7.92. The summed E-state index contributed by atoms with van der Waals surface area (Å²) in [5, 5.41) is 2.68. The van der Waals surface area contributed by atoms with Crippen LogP contribution in [0.25, 0.3) is 0 Å². The first kappa shape index (κ1) is 22.9. The highest BCUT2D eigenvalue weighted by Gasteiger charge is 2.23. The molecule has 0 aromatic heterocycles. The van der Waals surface area contributed by atoms with E-state index in [1.54, 1.807) is 32.9 Å². The number of carbonyl (C=O) groups is 1. The molecule has 0 unspecified atom stereocenters. The van der Waals surface area contributed by atoms with Crippen LogP contribution in [0.3, 0.4) is 0 Å². The summed E-state index contributed by atoms with van der Waals surface area (Å²) in [6.07, 6.45) is 1.05. The SMILES string of the molecule is Cc1ccc(NC(=O)c2ccc(S(=O)(=O)N(C)C(C)C)cc2)cc1NS(C)(=O)=O. The fourth-order valence-electron chi connectivity index (χ4n) is 2.43. The lowest BCUT2D eigenvalue weighted by atomic mass is 10.1. The van der Waals surface area contributed by atoms with Gasteiger partial charge in [0.15, 0.2) is 0 Å². The number of rotatable bonds is 7. The average Bonchev–Trinajstić information content (AvgIpc) is 2.62. The number of anilines is 2. The van der Waals surface area contributed by atoms with Crippen molar-refractivity contribution in [2.75, 3.05) is 23.3 Å². The number of aryl methyl sites for hydroxylation is 1. The van der Waals surface area contributed by atoms with Crippen molar-refractivity contribution in [3.63, 3.8) is 0 Å². The van der Waals surface area contributed by atoms with Crippen molar-refractivity contribution < 1.29 is 21.6 Å². The zero-order valence-electron chi connectivity index (χ0n) is 16.9. The zero-order valence-corrected chi connectivity index (χ0v) is 18.6. The van der Waals surface area contributed by atoms with E-state index in [-0.39, 0.29) is 16.5 Å². The van der Waals surface area contributed by atoms with E-state index in [1.807, 2.05) is 0 Å². The zero-order chi connectivity index (χ0) is 22.0. The monoisotopic (exact) mass is 439 g/mol. The molecule has 2 aromatic carbocycles. The van der Waals surface area contributed by atoms with Crippen molar-refractivity contribution in [3.8, 4) is 0 Å². The second-order valence-electron chi connectivity index (χ2n) is 7.00. The average molecular weight is 440 g/mol. The molecule has 2 aromatic rings. The minimum absolute atomic E-state index is 0.0974. The number of carbonyl (C=O) groups excluding carboxylic acids is 1. The summed E-state index contributed by atoms with van der Waals surface area (Å²) >= 11 is 0. The lowest BCUT2D eigenvalue weighted by molar-refractivity contribution is 0.102.